The molecular formula is C24H30N2O. The van der Waals surface area contributed by atoms with Crippen LogP contribution in [-0.2, 0) is 17.6 Å². The number of likely N-dealkylation sites (tertiary alicyclic amines) is 1. The lowest BCUT2D eigenvalue weighted by atomic mass is 9.90. The van der Waals surface area contributed by atoms with Gasteiger partial charge in [0.2, 0.25) is 5.91 Å². The third-order valence-electron chi connectivity index (χ3n) is 6.15. The van der Waals surface area contributed by atoms with Crippen LogP contribution in [0.2, 0.25) is 0 Å². The van der Waals surface area contributed by atoms with Crippen LogP contribution in [0, 0.1) is 12.8 Å². The lowest BCUT2D eigenvalue weighted by Crippen LogP contribution is -2.45. The number of hydrogen-bond acceptors (Lipinski definition) is 2. The summed E-state index contributed by atoms with van der Waals surface area (Å²) < 4.78 is 0. The zero-order valence-electron chi connectivity index (χ0n) is 16.5. The van der Waals surface area contributed by atoms with E-state index in [9.17, 15) is 4.79 Å². The molecule has 4 rings (SSSR count). The van der Waals surface area contributed by atoms with E-state index in [1.807, 2.05) is 11.0 Å². The van der Waals surface area contributed by atoms with Gasteiger partial charge in [0.1, 0.15) is 0 Å². The molecule has 2 aliphatic rings. The number of fused-ring (bicyclic) bond motifs is 1. The summed E-state index contributed by atoms with van der Waals surface area (Å²) in [5, 5.41) is 0. The first-order valence-corrected chi connectivity index (χ1v) is 10.3. The van der Waals surface area contributed by atoms with Gasteiger partial charge in [-0.25, -0.2) is 0 Å². The molecule has 0 aromatic heterocycles. The van der Waals surface area contributed by atoms with E-state index in [-0.39, 0.29) is 11.9 Å². The molecule has 0 N–H and O–H groups in total. The van der Waals surface area contributed by atoms with Crippen LogP contribution in [-0.4, -0.2) is 36.5 Å². The predicted molar refractivity (Wildman–Crippen MR) is 111 cm³/mol. The van der Waals surface area contributed by atoms with Crippen LogP contribution in [0.25, 0.3) is 0 Å². The molecule has 0 spiro atoms. The summed E-state index contributed by atoms with van der Waals surface area (Å²) in [7, 11) is 0. The Morgan fingerprint density at radius 3 is 2.63 bits per heavy atom. The van der Waals surface area contributed by atoms with E-state index in [1.54, 1.807) is 0 Å². The van der Waals surface area contributed by atoms with Crippen LogP contribution in [0.4, 0.5) is 5.69 Å². The standard InChI is InChI=1S/C24H30N2O/c1-18-6-5-7-21(14-18)16-20-10-12-25(13-11-20)17-24(27)26-19(2)15-22-8-3-4-9-23(22)26/h3-9,14,19-20H,10-13,15-17H2,1-2H3. The van der Waals surface area contributed by atoms with Gasteiger partial charge in [-0.3, -0.25) is 9.69 Å². The van der Waals surface area contributed by atoms with Gasteiger partial charge in [0.05, 0.1) is 6.54 Å². The molecule has 2 heterocycles. The number of benzene rings is 2. The van der Waals surface area contributed by atoms with Crippen LogP contribution in [0.15, 0.2) is 48.5 Å². The molecule has 1 fully saturated rings. The zero-order valence-corrected chi connectivity index (χ0v) is 16.5. The van der Waals surface area contributed by atoms with Gasteiger partial charge in [-0.15, -0.1) is 0 Å². The summed E-state index contributed by atoms with van der Waals surface area (Å²) >= 11 is 0. The molecule has 1 saturated heterocycles. The van der Waals surface area contributed by atoms with Crippen molar-refractivity contribution in [3.63, 3.8) is 0 Å². The topological polar surface area (TPSA) is 23.6 Å². The average Bonchev–Trinajstić information content (AvgIpc) is 2.99. The van der Waals surface area contributed by atoms with Gasteiger partial charge < -0.3 is 4.90 Å². The van der Waals surface area contributed by atoms with E-state index < -0.39 is 0 Å². The second-order valence-electron chi connectivity index (χ2n) is 8.36. The van der Waals surface area contributed by atoms with E-state index in [4.69, 9.17) is 0 Å². The number of anilines is 1. The molecule has 0 aliphatic carbocycles. The maximum atomic E-state index is 13.0. The molecule has 3 heteroatoms. The number of rotatable bonds is 4. The fraction of sp³-hybridized carbons (Fsp3) is 0.458. The minimum Gasteiger partial charge on any atom is -0.308 e. The number of nitrogens with zero attached hydrogens (tertiary/aromatic N) is 2. The number of amides is 1. The smallest absolute Gasteiger partial charge is 0.241 e. The Labute approximate surface area is 163 Å². The monoisotopic (exact) mass is 362 g/mol. The van der Waals surface area contributed by atoms with Gasteiger partial charge in [0.15, 0.2) is 0 Å². The van der Waals surface area contributed by atoms with Gasteiger partial charge in [0, 0.05) is 11.7 Å². The lowest BCUT2D eigenvalue weighted by Gasteiger charge is -2.33. The summed E-state index contributed by atoms with van der Waals surface area (Å²) in [6.45, 7) is 6.94. The number of para-hydroxylation sites is 1. The molecule has 1 unspecified atom stereocenters. The van der Waals surface area contributed by atoms with Crippen molar-refractivity contribution in [1.82, 2.24) is 4.90 Å². The highest BCUT2D eigenvalue weighted by Gasteiger charge is 2.32. The number of carbonyl (C=O) groups excluding carboxylic acids is 1. The van der Waals surface area contributed by atoms with E-state index in [2.05, 4.69) is 61.2 Å². The number of hydrogen-bond donors (Lipinski definition) is 0. The first-order chi connectivity index (χ1) is 13.1. The fourth-order valence-electron chi connectivity index (χ4n) is 4.73. The summed E-state index contributed by atoms with van der Waals surface area (Å²) in [6.07, 6.45) is 4.52. The Morgan fingerprint density at radius 1 is 1.07 bits per heavy atom. The lowest BCUT2D eigenvalue weighted by molar-refractivity contribution is -0.120. The molecule has 0 bridgehead atoms. The van der Waals surface area contributed by atoms with Gasteiger partial charge >= 0.3 is 0 Å². The molecule has 3 nitrogen and oxygen atoms in total. The zero-order chi connectivity index (χ0) is 18.8. The van der Waals surface area contributed by atoms with Gasteiger partial charge in [-0.05, 0) is 75.7 Å². The van der Waals surface area contributed by atoms with E-state index in [1.165, 1.54) is 36.0 Å². The molecule has 2 aliphatic heterocycles. The molecule has 1 atom stereocenters. The number of aryl methyl sites for hydroxylation is 1. The SMILES string of the molecule is Cc1cccc(CC2CCN(CC(=O)N3c4ccccc4CC3C)CC2)c1. The van der Waals surface area contributed by atoms with Crippen molar-refractivity contribution >= 4 is 11.6 Å². The average molecular weight is 363 g/mol. The van der Waals surface area contributed by atoms with Crippen molar-refractivity contribution in [3.8, 4) is 0 Å². The molecular weight excluding hydrogens is 332 g/mol. The molecule has 0 radical (unpaired) electrons. The van der Waals surface area contributed by atoms with Crippen molar-refractivity contribution in [2.45, 2.75) is 45.6 Å². The first-order valence-electron chi connectivity index (χ1n) is 10.3. The molecule has 2 aromatic rings. The van der Waals surface area contributed by atoms with Crippen LogP contribution in [0.5, 0.6) is 0 Å². The quantitative estimate of drug-likeness (QED) is 0.813. The Bertz CT molecular complexity index is 808. The van der Waals surface area contributed by atoms with Crippen LogP contribution in [0.3, 0.4) is 0 Å². The second kappa shape index (κ2) is 7.85. The summed E-state index contributed by atoms with van der Waals surface area (Å²) in [5.41, 5.74) is 5.21. The van der Waals surface area contributed by atoms with Gasteiger partial charge in [0.25, 0.3) is 0 Å². The number of piperidine rings is 1. The van der Waals surface area contributed by atoms with Gasteiger partial charge in [-0.1, -0.05) is 48.0 Å². The Balaban J connectivity index is 1.31. The Hall–Kier alpha value is -2.13. The molecule has 0 saturated carbocycles. The highest BCUT2D eigenvalue weighted by Crippen LogP contribution is 2.32. The minimum atomic E-state index is 0.254. The van der Waals surface area contributed by atoms with Crippen molar-refractivity contribution in [2.24, 2.45) is 5.92 Å². The van der Waals surface area contributed by atoms with E-state index in [0.29, 0.717) is 6.54 Å². The fourth-order valence-corrected chi connectivity index (χ4v) is 4.73. The van der Waals surface area contributed by atoms with E-state index >= 15 is 0 Å². The first kappa shape index (κ1) is 18.2. The third-order valence-corrected chi connectivity index (χ3v) is 6.15. The van der Waals surface area contributed by atoms with Crippen LogP contribution < -0.4 is 4.90 Å². The Kier molecular flexibility index (Phi) is 5.31. The predicted octanol–water partition coefficient (Wildman–Crippen LogP) is 4.23. The molecule has 142 valence electrons. The van der Waals surface area contributed by atoms with Gasteiger partial charge in [-0.2, -0.15) is 0 Å². The van der Waals surface area contributed by atoms with Crippen molar-refractivity contribution in [1.29, 1.82) is 0 Å². The molecule has 1 amide bonds. The van der Waals surface area contributed by atoms with Crippen LogP contribution in [0.1, 0.15) is 36.5 Å². The second-order valence-corrected chi connectivity index (χ2v) is 8.36. The Morgan fingerprint density at radius 2 is 1.85 bits per heavy atom. The minimum absolute atomic E-state index is 0.254. The number of carbonyl (C=O) groups is 1. The molecule has 2 aromatic carbocycles. The highest BCUT2D eigenvalue weighted by molar-refractivity contribution is 5.97. The van der Waals surface area contributed by atoms with Crippen molar-refractivity contribution in [3.05, 3.63) is 65.2 Å². The summed E-state index contributed by atoms with van der Waals surface area (Å²) in [4.78, 5) is 17.4. The third kappa shape index (κ3) is 4.08. The van der Waals surface area contributed by atoms with Crippen LogP contribution >= 0.6 is 0 Å². The summed E-state index contributed by atoms with van der Waals surface area (Å²) in [5.74, 6) is 0.995. The molecule has 27 heavy (non-hydrogen) atoms. The van der Waals surface area contributed by atoms with Crippen molar-refractivity contribution in [2.75, 3.05) is 24.5 Å². The maximum Gasteiger partial charge on any atom is 0.241 e. The summed E-state index contributed by atoms with van der Waals surface area (Å²) in [6, 6.07) is 17.5. The maximum absolute atomic E-state index is 13.0. The largest absolute Gasteiger partial charge is 0.308 e. The van der Waals surface area contributed by atoms with Crippen molar-refractivity contribution < 1.29 is 4.79 Å². The highest BCUT2D eigenvalue weighted by atomic mass is 16.2. The van der Waals surface area contributed by atoms with E-state index in [0.717, 1.165) is 31.1 Å². The normalized spacial score (nSPS) is 20.7.